The number of imide groups is 1. The van der Waals surface area contributed by atoms with Gasteiger partial charge in [-0.15, -0.1) is 0 Å². The first-order valence-electron chi connectivity index (χ1n) is 9.00. The fourth-order valence-corrected chi connectivity index (χ4v) is 3.92. The molecule has 1 aliphatic rings. The third kappa shape index (κ3) is 3.94. The zero-order chi connectivity index (χ0) is 19.5. The number of carbonyl (C=O) groups is 3. The number of fused-ring (bicyclic) bond motifs is 1. The van der Waals surface area contributed by atoms with Crippen LogP contribution in [0, 0.1) is 0 Å². The van der Waals surface area contributed by atoms with Crippen LogP contribution >= 0.6 is 11.8 Å². The Bertz CT molecular complexity index is 1030. The summed E-state index contributed by atoms with van der Waals surface area (Å²) in [5.41, 5.74) is 2.66. The minimum absolute atomic E-state index is 0.0631. The van der Waals surface area contributed by atoms with Gasteiger partial charge in [-0.25, -0.2) is 0 Å². The molecule has 142 valence electrons. The number of aryl methyl sites for hydroxylation is 1. The number of carbonyl (C=O) groups excluding carboxylic acids is 3. The van der Waals surface area contributed by atoms with Crippen LogP contribution in [0.4, 0.5) is 10.5 Å². The molecule has 2 heterocycles. The van der Waals surface area contributed by atoms with Crippen molar-refractivity contribution in [2.24, 2.45) is 0 Å². The van der Waals surface area contributed by atoms with Crippen LogP contribution in [-0.2, 0) is 22.7 Å². The summed E-state index contributed by atoms with van der Waals surface area (Å²) in [5, 5.41) is 3.84. The fraction of sp³-hybridized carbons (Fsp3) is 0.190. The second-order valence-electron chi connectivity index (χ2n) is 6.60. The molecule has 1 aromatic heterocycles. The summed E-state index contributed by atoms with van der Waals surface area (Å²) in [7, 11) is 0. The van der Waals surface area contributed by atoms with E-state index in [4.69, 9.17) is 0 Å². The van der Waals surface area contributed by atoms with Gasteiger partial charge in [0.2, 0.25) is 11.8 Å². The van der Waals surface area contributed by atoms with Crippen molar-refractivity contribution in [2.75, 3.05) is 11.1 Å². The van der Waals surface area contributed by atoms with Gasteiger partial charge in [-0.2, -0.15) is 0 Å². The van der Waals surface area contributed by atoms with E-state index in [-0.39, 0.29) is 29.4 Å². The zero-order valence-corrected chi connectivity index (χ0v) is 15.9. The Morgan fingerprint density at radius 1 is 1.04 bits per heavy atom. The predicted molar refractivity (Wildman–Crippen MR) is 110 cm³/mol. The number of nitrogens with one attached hydrogen (secondary N) is 1. The molecule has 1 N–H and O–H groups in total. The summed E-state index contributed by atoms with van der Waals surface area (Å²) in [4.78, 5) is 36.9. The predicted octanol–water partition coefficient (Wildman–Crippen LogP) is 3.87. The Balaban J connectivity index is 1.32. The molecular weight excluding hydrogens is 374 g/mol. The van der Waals surface area contributed by atoms with Crippen molar-refractivity contribution in [1.82, 2.24) is 9.47 Å². The Kier molecular flexibility index (Phi) is 5.16. The second-order valence-corrected chi connectivity index (χ2v) is 7.52. The highest BCUT2D eigenvalue weighted by Gasteiger charge is 2.29. The van der Waals surface area contributed by atoms with E-state index in [2.05, 4.69) is 16.0 Å². The lowest BCUT2D eigenvalue weighted by atomic mass is 10.2. The maximum atomic E-state index is 12.3. The largest absolute Gasteiger partial charge is 0.347 e. The van der Waals surface area contributed by atoms with Crippen molar-refractivity contribution in [3.05, 3.63) is 66.4 Å². The molecule has 0 unspecified atom stereocenters. The molecule has 0 spiro atoms. The Labute approximate surface area is 166 Å². The van der Waals surface area contributed by atoms with Crippen LogP contribution < -0.4 is 5.32 Å². The van der Waals surface area contributed by atoms with Crippen molar-refractivity contribution >= 4 is 45.4 Å². The molecule has 1 fully saturated rings. The minimum Gasteiger partial charge on any atom is -0.347 e. The summed E-state index contributed by atoms with van der Waals surface area (Å²) in [6.45, 7) is 0.869. The first kappa shape index (κ1) is 18.3. The van der Waals surface area contributed by atoms with E-state index in [0.717, 1.165) is 28.2 Å². The maximum absolute atomic E-state index is 12.3. The van der Waals surface area contributed by atoms with Gasteiger partial charge in [-0.3, -0.25) is 19.3 Å². The fourth-order valence-electron chi connectivity index (χ4n) is 3.19. The van der Waals surface area contributed by atoms with E-state index in [0.29, 0.717) is 18.7 Å². The number of para-hydroxylation sites is 1. The number of hydrogen-bond donors (Lipinski definition) is 1. The van der Waals surface area contributed by atoms with Gasteiger partial charge in [0.05, 0.1) is 12.3 Å². The summed E-state index contributed by atoms with van der Waals surface area (Å²) >= 11 is 1.03. The van der Waals surface area contributed by atoms with Gasteiger partial charge in [-0.1, -0.05) is 42.1 Å². The maximum Gasteiger partial charge on any atom is 0.289 e. The Hall–Kier alpha value is -3.06. The third-order valence-corrected chi connectivity index (χ3v) is 5.54. The van der Waals surface area contributed by atoms with E-state index in [1.807, 2.05) is 42.6 Å². The number of aromatic nitrogens is 1. The first-order valence-corrected chi connectivity index (χ1v) is 9.98. The molecule has 0 atom stereocenters. The smallest absolute Gasteiger partial charge is 0.289 e. The lowest BCUT2D eigenvalue weighted by molar-refractivity contribution is -0.125. The van der Waals surface area contributed by atoms with E-state index in [1.165, 1.54) is 4.90 Å². The standard InChI is InChI=1S/C21H19N3O3S/c25-19(10-12-23-11-9-16-3-1-2-4-18(16)23)22-17-7-5-15(6-8-17)13-24-20(26)14-28-21(24)27/h1-9,11H,10,12-14H2,(H,22,25). The quantitative estimate of drug-likeness (QED) is 0.690. The molecule has 6 nitrogen and oxygen atoms in total. The molecular formula is C21H19N3O3S. The normalized spacial score (nSPS) is 14.1. The zero-order valence-electron chi connectivity index (χ0n) is 15.1. The Morgan fingerprint density at radius 2 is 1.82 bits per heavy atom. The van der Waals surface area contributed by atoms with Gasteiger partial charge in [0.1, 0.15) is 0 Å². The average molecular weight is 393 g/mol. The van der Waals surface area contributed by atoms with Gasteiger partial charge in [0, 0.05) is 30.4 Å². The third-order valence-electron chi connectivity index (χ3n) is 4.68. The summed E-state index contributed by atoms with van der Waals surface area (Å²) in [6, 6.07) is 17.3. The van der Waals surface area contributed by atoms with Crippen molar-refractivity contribution < 1.29 is 14.4 Å². The van der Waals surface area contributed by atoms with E-state index in [1.54, 1.807) is 12.1 Å². The molecule has 0 saturated carbocycles. The van der Waals surface area contributed by atoms with E-state index >= 15 is 0 Å². The van der Waals surface area contributed by atoms with Gasteiger partial charge >= 0.3 is 0 Å². The number of nitrogens with zero attached hydrogens (tertiary/aromatic N) is 2. The lowest BCUT2D eigenvalue weighted by Gasteiger charge is -2.13. The number of hydrogen-bond acceptors (Lipinski definition) is 4. The average Bonchev–Trinajstić information content (AvgIpc) is 3.26. The van der Waals surface area contributed by atoms with Crippen LogP contribution in [0.5, 0.6) is 0 Å². The highest BCUT2D eigenvalue weighted by atomic mass is 32.2. The van der Waals surface area contributed by atoms with Crippen molar-refractivity contribution in [3.8, 4) is 0 Å². The highest BCUT2D eigenvalue weighted by molar-refractivity contribution is 8.14. The Morgan fingerprint density at radius 3 is 2.57 bits per heavy atom. The molecule has 4 rings (SSSR count). The number of thioether (sulfide) groups is 1. The molecule has 3 amide bonds. The molecule has 0 bridgehead atoms. The second kappa shape index (κ2) is 7.90. The molecule has 1 aliphatic heterocycles. The van der Waals surface area contributed by atoms with Crippen molar-refractivity contribution in [3.63, 3.8) is 0 Å². The molecule has 1 saturated heterocycles. The summed E-state index contributed by atoms with van der Waals surface area (Å²) < 4.78 is 2.07. The molecule has 3 aromatic rings. The molecule has 28 heavy (non-hydrogen) atoms. The van der Waals surface area contributed by atoms with Crippen LogP contribution in [0.1, 0.15) is 12.0 Å². The van der Waals surface area contributed by atoms with Crippen molar-refractivity contribution in [1.29, 1.82) is 0 Å². The van der Waals surface area contributed by atoms with Gasteiger partial charge in [-0.05, 0) is 35.2 Å². The minimum atomic E-state index is -0.208. The highest BCUT2D eigenvalue weighted by Crippen LogP contribution is 2.22. The number of anilines is 1. The molecule has 7 heteroatoms. The van der Waals surface area contributed by atoms with Gasteiger partial charge in [0.25, 0.3) is 5.24 Å². The van der Waals surface area contributed by atoms with E-state index in [9.17, 15) is 14.4 Å². The first-order chi connectivity index (χ1) is 13.6. The summed E-state index contributed by atoms with van der Waals surface area (Å²) in [5.74, 6) is -0.0133. The van der Waals surface area contributed by atoms with Crippen LogP contribution in [0.3, 0.4) is 0 Å². The number of amides is 3. The number of rotatable bonds is 6. The van der Waals surface area contributed by atoms with Gasteiger partial charge < -0.3 is 9.88 Å². The van der Waals surface area contributed by atoms with E-state index < -0.39 is 0 Å². The molecule has 0 radical (unpaired) electrons. The van der Waals surface area contributed by atoms with Crippen molar-refractivity contribution in [2.45, 2.75) is 19.5 Å². The SMILES string of the molecule is O=C(CCn1ccc2ccccc21)Nc1ccc(CN2C(=O)CSC2=O)cc1. The molecule has 0 aliphatic carbocycles. The monoisotopic (exact) mass is 393 g/mol. The van der Waals surface area contributed by atoms with Crippen LogP contribution in [0.2, 0.25) is 0 Å². The summed E-state index contributed by atoms with van der Waals surface area (Å²) in [6.07, 6.45) is 2.36. The van der Waals surface area contributed by atoms with Gasteiger partial charge in [0.15, 0.2) is 0 Å². The molecule has 2 aromatic carbocycles. The lowest BCUT2D eigenvalue weighted by Crippen LogP contribution is -2.27. The van der Waals surface area contributed by atoms with Crippen LogP contribution in [-0.4, -0.2) is 32.3 Å². The number of benzene rings is 2. The topological polar surface area (TPSA) is 71.4 Å². The van der Waals surface area contributed by atoms with Crippen LogP contribution in [0.15, 0.2) is 60.8 Å². The van der Waals surface area contributed by atoms with Crippen LogP contribution in [0.25, 0.3) is 10.9 Å².